The van der Waals surface area contributed by atoms with Gasteiger partial charge in [0.1, 0.15) is 5.82 Å². The van der Waals surface area contributed by atoms with E-state index in [-0.39, 0.29) is 11.6 Å². The van der Waals surface area contributed by atoms with Gasteiger partial charge in [-0.2, -0.15) is 0 Å². The van der Waals surface area contributed by atoms with Crippen molar-refractivity contribution in [3.63, 3.8) is 0 Å². The van der Waals surface area contributed by atoms with Gasteiger partial charge in [-0.3, -0.25) is 9.69 Å². The zero-order valence-electron chi connectivity index (χ0n) is 15.8. The molecule has 4 N–H and O–H groups in total. The minimum Gasteiger partial charge on any atom is -0.341 e. The molecule has 2 aromatic carbocycles. The van der Waals surface area contributed by atoms with Crippen LogP contribution in [-0.2, 0) is 11.3 Å². The van der Waals surface area contributed by atoms with E-state index in [0.717, 1.165) is 22.4 Å². The standard InChI is InChI=1S/C20H22N6O2/c1-12-4-3-5-15-19(12)25-17(22-15)11-26(2)9-8-18(27)21-13-6-7-14-16(10-13)24-20(28)23-14/h3-7,10H,8-9,11H2,1-2H3,(H,21,27)(H,22,25)(H2,23,24,28). The first-order valence-corrected chi connectivity index (χ1v) is 9.12. The summed E-state index contributed by atoms with van der Waals surface area (Å²) in [6, 6.07) is 11.3. The Labute approximate surface area is 161 Å². The van der Waals surface area contributed by atoms with Crippen molar-refractivity contribution >= 4 is 33.7 Å². The van der Waals surface area contributed by atoms with Gasteiger partial charge in [0.25, 0.3) is 0 Å². The number of H-pyrrole nitrogens is 3. The van der Waals surface area contributed by atoms with E-state index in [9.17, 15) is 9.59 Å². The number of para-hydroxylation sites is 1. The monoisotopic (exact) mass is 378 g/mol. The summed E-state index contributed by atoms with van der Waals surface area (Å²) >= 11 is 0. The molecule has 0 radical (unpaired) electrons. The van der Waals surface area contributed by atoms with Crippen LogP contribution in [0.25, 0.3) is 22.1 Å². The SMILES string of the molecule is Cc1cccc2[nH]c(CN(C)CCC(=O)Nc3ccc4[nH]c(=O)[nH]c4c3)nc12. The fourth-order valence-corrected chi connectivity index (χ4v) is 3.26. The Hall–Kier alpha value is -3.39. The summed E-state index contributed by atoms with van der Waals surface area (Å²) in [5, 5.41) is 2.87. The zero-order valence-corrected chi connectivity index (χ0v) is 15.8. The third-order valence-corrected chi connectivity index (χ3v) is 4.70. The third kappa shape index (κ3) is 3.81. The summed E-state index contributed by atoms with van der Waals surface area (Å²) in [5.74, 6) is 0.804. The summed E-state index contributed by atoms with van der Waals surface area (Å²) < 4.78 is 0. The smallest absolute Gasteiger partial charge is 0.323 e. The molecule has 0 saturated heterocycles. The summed E-state index contributed by atoms with van der Waals surface area (Å²) in [6.07, 6.45) is 0.359. The van der Waals surface area contributed by atoms with E-state index in [1.54, 1.807) is 18.2 Å². The number of aryl methyl sites for hydroxylation is 1. The first-order chi connectivity index (χ1) is 13.5. The number of anilines is 1. The fourth-order valence-electron chi connectivity index (χ4n) is 3.26. The number of aromatic nitrogens is 4. The number of hydrogen-bond donors (Lipinski definition) is 4. The Morgan fingerprint density at radius 3 is 2.75 bits per heavy atom. The van der Waals surface area contributed by atoms with E-state index in [0.29, 0.717) is 36.2 Å². The van der Waals surface area contributed by atoms with Gasteiger partial charge >= 0.3 is 5.69 Å². The van der Waals surface area contributed by atoms with Gasteiger partial charge in [0.2, 0.25) is 5.91 Å². The number of amides is 1. The maximum atomic E-state index is 12.3. The van der Waals surface area contributed by atoms with Crippen LogP contribution in [0.4, 0.5) is 5.69 Å². The van der Waals surface area contributed by atoms with Crippen LogP contribution < -0.4 is 11.0 Å². The normalized spacial score (nSPS) is 11.5. The number of carbonyl (C=O) groups excluding carboxylic acids is 1. The zero-order chi connectivity index (χ0) is 19.7. The molecule has 0 unspecified atom stereocenters. The maximum absolute atomic E-state index is 12.3. The number of benzene rings is 2. The number of imidazole rings is 2. The average Bonchev–Trinajstić information content (AvgIpc) is 3.22. The molecule has 0 aliphatic carbocycles. The quantitative estimate of drug-likeness (QED) is 0.413. The summed E-state index contributed by atoms with van der Waals surface area (Å²) in [4.78, 5) is 39.0. The van der Waals surface area contributed by atoms with Crippen molar-refractivity contribution in [2.75, 3.05) is 18.9 Å². The van der Waals surface area contributed by atoms with Crippen LogP contribution in [0.3, 0.4) is 0 Å². The molecule has 1 amide bonds. The highest BCUT2D eigenvalue weighted by atomic mass is 16.1. The minimum absolute atomic E-state index is 0.0791. The van der Waals surface area contributed by atoms with E-state index in [1.807, 2.05) is 32.2 Å². The van der Waals surface area contributed by atoms with Gasteiger partial charge in [-0.1, -0.05) is 12.1 Å². The molecule has 0 aliphatic heterocycles. The highest BCUT2D eigenvalue weighted by Gasteiger charge is 2.10. The van der Waals surface area contributed by atoms with E-state index in [4.69, 9.17) is 0 Å². The molecular weight excluding hydrogens is 356 g/mol. The fraction of sp³-hybridized carbons (Fsp3) is 0.250. The van der Waals surface area contributed by atoms with Crippen molar-refractivity contribution in [2.24, 2.45) is 0 Å². The van der Waals surface area contributed by atoms with E-state index in [1.165, 1.54) is 0 Å². The molecule has 28 heavy (non-hydrogen) atoms. The van der Waals surface area contributed by atoms with E-state index in [2.05, 4.69) is 30.2 Å². The second-order valence-electron chi connectivity index (χ2n) is 7.03. The topological polar surface area (TPSA) is 110 Å². The van der Waals surface area contributed by atoms with Crippen LogP contribution in [0, 0.1) is 6.92 Å². The second kappa shape index (κ2) is 7.32. The average molecular weight is 378 g/mol. The Morgan fingerprint density at radius 1 is 1.11 bits per heavy atom. The Balaban J connectivity index is 1.32. The Morgan fingerprint density at radius 2 is 1.93 bits per heavy atom. The van der Waals surface area contributed by atoms with Crippen molar-refractivity contribution in [3.05, 3.63) is 58.3 Å². The van der Waals surface area contributed by atoms with Crippen molar-refractivity contribution in [1.82, 2.24) is 24.8 Å². The predicted molar refractivity (Wildman–Crippen MR) is 109 cm³/mol. The lowest BCUT2D eigenvalue weighted by atomic mass is 10.2. The number of hydrogen-bond acceptors (Lipinski definition) is 4. The molecule has 0 spiro atoms. The third-order valence-electron chi connectivity index (χ3n) is 4.70. The van der Waals surface area contributed by atoms with Gasteiger partial charge in [0.15, 0.2) is 0 Å². The van der Waals surface area contributed by atoms with Crippen LogP contribution in [0.1, 0.15) is 17.8 Å². The lowest BCUT2D eigenvalue weighted by Crippen LogP contribution is -2.24. The van der Waals surface area contributed by atoms with Crippen LogP contribution >= 0.6 is 0 Å². The molecule has 0 saturated carbocycles. The van der Waals surface area contributed by atoms with Gasteiger partial charge in [0.05, 0.1) is 28.6 Å². The first-order valence-electron chi connectivity index (χ1n) is 9.12. The number of nitrogens with one attached hydrogen (secondary N) is 4. The van der Waals surface area contributed by atoms with Gasteiger partial charge in [-0.05, 0) is 43.8 Å². The van der Waals surface area contributed by atoms with E-state index >= 15 is 0 Å². The van der Waals surface area contributed by atoms with Crippen molar-refractivity contribution in [3.8, 4) is 0 Å². The molecule has 2 aromatic heterocycles. The Kier molecular flexibility index (Phi) is 4.70. The molecule has 4 aromatic rings. The number of nitrogens with zero attached hydrogens (tertiary/aromatic N) is 2. The summed E-state index contributed by atoms with van der Waals surface area (Å²) in [6.45, 7) is 3.28. The molecule has 8 nitrogen and oxygen atoms in total. The number of rotatable bonds is 6. The van der Waals surface area contributed by atoms with Crippen molar-refractivity contribution in [1.29, 1.82) is 0 Å². The molecule has 2 heterocycles. The molecule has 0 atom stereocenters. The van der Waals surface area contributed by atoms with Gasteiger partial charge in [-0.25, -0.2) is 9.78 Å². The first kappa shape index (κ1) is 18.0. The number of carbonyl (C=O) groups is 1. The molecule has 0 aliphatic rings. The lowest BCUT2D eigenvalue weighted by Gasteiger charge is -2.14. The highest BCUT2D eigenvalue weighted by Crippen LogP contribution is 2.17. The van der Waals surface area contributed by atoms with Crippen LogP contribution in [0.15, 0.2) is 41.2 Å². The van der Waals surface area contributed by atoms with Gasteiger partial charge in [0, 0.05) is 18.7 Å². The summed E-state index contributed by atoms with van der Waals surface area (Å²) in [5.41, 5.74) is 4.93. The molecular formula is C20H22N6O2. The maximum Gasteiger partial charge on any atom is 0.323 e. The number of fused-ring (bicyclic) bond motifs is 2. The largest absolute Gasteiger partial charge is 0.341 e. The Bertz CT molecular complexity index is 1200. The second-order valence-corrected chi connectivity index (χ2v) is 7.03. The van der Waals surface area contributed by atoms with Crippen molar-refractivity contribution in [2.45, 2.75) is 19.9 Å². The molecule has 4 rings (SSSR count). The van der Waals surface area contributed by atoms with Crippen LogP contribution in [0.5, 0.6) is 0 Å². The number of aromatic amines is 3. The molecule has 0 bridgehead atoms. The van der Waals surface area contributed by atoms with Gasteiger partial charge in [-0.15, -0.1) is 0 Å². The predicted octanol–water partition coefficient (Wildman–Crippen LogP) is 2.50. The minimum atomic E-state index is -0.263. The molecule has 144 valence electrons. The highest BCUT2D eigenvalue weighted by molar-refractivity contribution is 5.93. The molecule has 8 heteroatoms. The van der Waals surface area contributed by atoms with Gasteiger partial charge < -0.3 is 20.3 Å². The van der Waals surface area contributed by atoms with E-state index < -0.39 is 0 Å². The molecule has 0 fully saturated rings. The summed E-state index contributed by atoms with van der Waals surface area (Å²) in [7, 11) is 1.96. The van der Waals surface area contributed by atoms with Crippen LogP contribution in [0.2, 0.25) is 0 Å². The lowest BCUT2D eigenvalue weighted by molar-refractivity contribution is -0.116. The van der Waals surface area contributed by atoms with Crippen molar-refractivity contribution < 1.29 is 4.79 Å². The van der Waals surface area contributed by atoms with Crippen LogP contribution in [-0.4, -0.2) is 44.3 Å².